The molecule has 0 aliphatic rings. The summed E-state index contributed by atoms with van der Waals surface area (Å²) in [5, 5.41) is 10.9. The highest BCUT2D eigenvalue weighted by Gasteiger charge is 2.16. The van der Waals surface area contributed by atoms with Crippen molar-refractivity contribution in [2.45, 2.75) is 15.5 Å². The zero-order chi connectivity index (χ0) is 19.3. The number of nitrogens with one attached hydrogen (secondary N) is 1. The Morgan fingerprint density at radius 3 is 2.37 bits per heavy atom. The number of nitrogens with zero attached hydrogens (tertiary/aromatic N) is 1. The quantitative estimate of drug-likeness (QED) is 0.459. The number of hydrogen-bond donors (Lipinski definition) is 1. The Kier molecular flexibility index (Phi) is 5.78. The van der Waals surface area contributed by atoms with E-state index in [0.717, 1.165) is 9.79 Å². The summed E-state index contributed by atoms with van der Waals surface area (Å²) in [6, 6.07) is 22.4. The first-order chi connectivity index (χ1) is 12.9. The molecule has 0 aromatic heterocycles. The molecule has 3 aromatic rings. The monoisotopic (exact) mass is 400 g/mol. The fourth-order valence-electron chi connectivity index (χ4n) is 2.44. The van der Waals surface area contributed by atoms with Crippen molar-refractivity contribution in [1.29, 1.82) is 0 Å². The molecule has 0 spiro atoms. The molecular weight excluding hydrogens is 384 g/mol. The van der Waals surface area contributed by atoms with E-state index in [1.54, 1.807) is 18.2 Å². The van der Waals surface area contributed by atoms with Gasteiger partial charge in [0.05, 0.1) is 16.4 Å². The molecule has 8 heteroatoms. The van der Waals surface area contributed by atoms with Gasteiger partial charge in [-0.25, -0.2) is 8.42 Å². The van der Waals surface area contributed by atoms with Gasteiger partial charge in [0.2, 0.25) is 10.0 Å². The van der Waals surface area contributed by atoms with Crippen LogP contribution in [-0.2, 0) is 15.8 Å². The summed E-state index contributed by atoms with van der Waals surface area (Å²) in [4.78, 5) is 12.1. The lowest BCUT2D eigenvalue weighted by Crippen LogP contribution is -2.15. The summed E-state index contributed by atoms with van der Waals surface area (Å²) < 4.78 is 27.7. The standard InChI is InChI=1S/C19H16N2O4S2/c22-21(23)16-8-6-7-15(13-16)14-27(24,25)20-18-11-4-5-12-19(18)26-17-9-2-1-3-10-17/h1-13,20H,14H2. The topological polar surface area (TPSA) is 89.3 Å². The van der Waals surface area contributed by atoms with E-state index in [1.165, 1.54) is 30.0 Å². The van der Waals surface area contributed by atoms with E-state index in [4.69, 9.17) is 0 Å². The number of non-ortho nitro benzene ring substituents is 1. The van der Waals surface area contributed by atoms with Gasteiger partial charge in [-0.05, 0) is 29.8 Å². The first-order valence-electron chi connectivity index (χ1n) is 7.99. The van der Waals surface area contributed by atoms with Crippen LogP contribution in [0.5, 0.6) is 0 Å². The van der Waals surface area contributed by atoms with Crippen LogP contribution in [0.1, 0.15) is 5.56 Å². The average Bonchev–Trinajstić information content (AvgIpc) is 2.64. The Labute approximate surface area is 161 Å². The van der Waals surface area contributed by atoms with Gasteiger partial charge in [0.25, 0.3) is 5.69 Å². The van der Waals surface area contributed by atoms with Gasteiger partial charge in [0.15, 0.2) is 0 Å². The van der Waals surface area contributed by atoms with Crippen LogP contribution in [0.25, 0.3) is 0 Å². The molecule has 0 saturated heterocycles. The molecule has 0 fully saturated rings. The van der Waals surface area contributed by atoms with Crippen LogP contribution < -0.4 is 4.72 Å². The normalized spacial score (nSPS) is 11.1. The van der Waals surface area contributed by atoms with Gasteiger partial charge >= 0.3 is 0 Å². The van der Waals surface area contributed by atoms with Gasteiger partial charge in [0.1, 0.15) is 0 Å². The third-order valence-electron chi connectivity index (χ3n) is 3.60. The van der Waals surface area contributed by atoms with Crippen molar-refractivity contribution in [3.8, 4) is 0 Å². The van der Waals surface area contributed by atoms with Crippen LogP contribution in [0.4, 0.5) is 11.4 Å². The molecule has 27 heavy (non-hydrogen) atoms. The average molecular weight is 400 g/mol. The van der Waals surface area contributed by atoms with Crippen molar-refractivity contribution < 1.29 is 13.3 Å². The van der Waals surface area contributed by atoms with E-state index < -0.39 is 14.9 Å². The predicted molar refractivity (Wildman–Crippen MR) is 106 cm³/mol. The maximum Gasteiger partial charge on any atom is 0.269 e. The molecule has 0 amide bonds. The summed E-state index contributed by atoms with van der Waals surface area (Å²) in [5.41, 5.74) is 0.685. The van der Waals surface area contributed by atoms with Gasteiger partial charge in [-0.2, -0.15) is 0 Å². The summed E-state index contributed by atoms with van der Waals surface area (Å²) in [6.45, 7) is 0. The van der Waals surface area contributed by atoms with Gasteiger partial charge in [0, 0.05) is 21.9 Å². The molecule has 6 nitrogen and oxygen atoms in total. The number of hydrogen-bond acceptors (Lipinski definition) is 5. The minimum absolute atomic E-state index is 0.136. The van der Waals surface area contributed by atoms with Crippen molar-refractivity contribution in [1.82, 2.24) is 0 Å². The van der Waals surface area contributed by atoms with E-state index in [1.807, 2.05) is 42.5 Å². The van der Waals surface area contributed by atoms with Crippen molar-refractivity contribution in [2.75, 3.05) is 4.72 Å². The SMILES string of the molecule is O=[N+]([O-])c1cccc(CS(=O)(=O)Nc2ccccc2Sc2ccccc2)c1. The summed E-state index contributed by atoms with van der Waals surface area (Å²) in [5.74, 6) is -0.348. The highest BCUT2D eigenvalue weighted by Crippen LogP contribution is 2.33. The fourth-order valence-corrected chi connectivity index (χ4v) is 4.63. The fraction of sp³-hybridized carbons (Fsp3) is 0.0526. The van der Waals surface area contributed by atoms with Crippen LogP contribution in [0.2, 0.25) is 0 Å². The lowest BCUT2D eigenvalue weighted by atomic mass is 10.2. The number of nitro benzene ring substituents is 1. The Hall–Kier alpha value is -2.84. The van der Waals surface area contributed by atoms with Gasteiger partial charge in [-0.1, -0.05) is 54.2 Å². The van der Waals surface area contributed by atoms with Crippen molar-refractivity contribution in [2.24, 2.45) is 0 Å². The largest absolute Gasteiger partial charge is 0.282 e. The molecule has 3 rings (SSSR count). The molecule has 138 valence electrons. The van der Waals surface area contributed by atoms with E-state index in [-0.39, 0.29) is 11.4 Å². The van der Waals surface area contributed by atoms with E-state index in [0.29, 0.717) is 11.3 Å². The van der Waals surface area contributed by atoms with Crippen molar-refractivity contribution in [3.05, 3.63) is 94.5 Å². The van der Waals surface area contributed by atoms with Gasteiger partial charge < -0.3 is 0 Å². The van der Waals surface area contributed by atoms with Crippen molar-refractivity contribution >= 4 is 33.2 Å². The third kappa shape index (κ3) is 5.32. The lowest BCUT2D eigenvalue weighted by Gasteiger charge is -2.12. The maximum absolute atomic E-state index is 12.6. The number of nitro groups is 1. The first kappa shape index (κ1) is 18.9. The minimum atomic E-state index is -3.73. The minimum Gasteiger partial charge on any atom is -0.282 e. The van der Waals surface area contributed by atoms with Crippen LogP contribution >= 0.6 is 11.8 Å². The second kappa shape index (κ2) is 8.24. The molecule has 0 heterocycles. The highest BCUT2D eigenvalue weighted by molar-refractivity contribution is 7.99. The number of anilines is 1. The molecule has 0 unspecified atom stereocenters. The molecule has 0 saturated carbocycles. The van der Waals surface area contributed by atoms with Crippen molar-refractivity contribution in [3.63, 3.8) is 0 Å². The molecule has 0 aliphatic carbocycles. The highest BCUT2D eigenvalue weighted by atomic mass is 32.2. The second-order valence-corrected chi connectivity index (χ2v) is 8.54. The van der Waals surface area contributed by atoms with E-state index >= 15 is 0 Å². The number of sulfonamides is 1. The predicted octanol–water partition coefficient (Wildman–Crippen LogP) is 4.69. The first-order valence-corrected chi connectivity index (χ1v) is 10.5. The number of benzene rings is 3. The Morgan fingerprint density at radius 1 is 0.926 bits per heavy atom. The van der Waals surface area contributed by atoms with Crippen LogP contribution in [0.3, 0.4) is 0 Å². The molecular formula is C19H16N2O4S2. The third-order valence-corrected chi connectivity index (χ3v) is 5.93. The lowest BCUT2D eigenvalue weighted by molar-refractivity contribution is -0.384. The zero-order valence-corrected chi connectivity index (χ0v) is 15.7. The molecule has 0 atom stereocenters. The molecule has 3 aromatic carbocycles. The molecule has 0 radical (unpaired) electrons. The molecule has 0 bridgehead atoms. The molecule has 0 aliphatic heterocycles. The zero-order valence-electron chi connectivity index (χ0n) is 14.1. The Bertz CT molecular complexity index is 1050. The molecule has 1 N–H and O–H groups in total. The Morgan fingerprint density at radius 2 is 1.63 bits per heavy atom. The summed E-state index contributed by atoms with van der Waals surface area (Å²) in [6.07, 6.45) is 0. The van der Waals surface area contributed by atoms with Gasteiger partial charge in [-0.15, -0.1) is 0 Å². The number of para-hydroxylation sites is 1. The van der Waals surface area contributed by atoms with Crippen LogP contribution in [0, 0.1) is 10.1 Å². The van der Waals surface area contributed by atoms with E-state index in [2.05, 4.69) is 4.72 Å². The number of rotatable bonds is 7. The second-order valence-electron chi connectivity index (χ2n) is 5.70. The van der Waals surface area contributed by atoms with E-state index in [9.17, 15) is 18.5 Å². The van der Waals surface area contributed by atoms with Crippen LogP contribution in [-0.4, -0.2) is 13.3 Å². The maximum atomic E-state index is 12.6. The smallest absolute Gasteiger partial charge is 0.269 e. The summed E-state index contributed by atoms with van der Waals surface area (Å²) >= 11 is 1.45. The Balaban J connectivity index is 1.80. The van der Waals surface area contributed by atoms with Crippen LogP contribution in [0.15, 0.2) is 88.7 Å². The summed E-state index contributed by atoms with van der Waals surface area (Å²) in [7, 11) is -3.73. The van der Waals surface area contributed by atoms with Gasteiger partial charge in [-0.3, -0.25) is 14.8 Å².